The Morgan fingerprint density at radius 3 is 2.52 bits per heavy atom. The first-order chi connectivity index (χ1) is 16.0. The van der Waals surface area contributed by atoms with Crippen LogP contribution in [0, 0.1) is 0 Å². The van der Waals surface area contributed by atoms with Crippen LogP contribution >= 0.6 is 0 Å². The molecular weight excluding hydrogens is 428 g/mol. The van der Waals surface area contributed by atoms with Crippen molar-refractivity contribution < 1.29 is 33.0 Å². The predicted molar refractivity (Wildman–Crippen MR) is 122 cm³/mol. The van der Waals surface area contributed by atoms with E-state index in [1.54, 1.807) is 43.3 Å². The molecule has 0 fully saturated rings. The molecule has 0 unspecified atom stereocenters. The van der Waals surface area contributed by atoms with Crippen LogP contribution in [0.3, 0.4) is 0 Å². The van der Waals surface area contributed by atoms with Gasteiger partial charge in [0.25, 0.3) is 0 Å². The van der Waals surface area contributed by atoms with Crippen molar-refractivity contribution in [3.63, 3.8) is 0 Å². The Morgan fingerprint density at radius 1 is 0.939 bits per heavy atom. The second kappa shape index (κ2) is 11.6. The van der Waals surface area contributed by atoms with Crippen LogP contribution in [0.5, 0.6) is 17.2 Å². The minimum Gasteiger partial charge on any atom is -0.494 e. The summed E-state index contributed by atoms with van der Waals surface area (Å²) in [7, 11) is 0. The number of carbonyl (C=O) groups excluding carboxylic acids is 2. The minimum atomic E-state index is -0.486. The molecule has 0 atom stereocenters. The number of hydrogen-bond acceptors (Lipinski definition) is 8. The van der Waals surface area contributed by atoms with Crippen LogP contribution in [-0.4, -0.2) is 44.5 Å². The van der Waals surface area contributed by atoms with Crippen LogP contribution in [0.25, 0.3) is 11.0 Å². The van der Waals surface area contributed by atoms with Gasteiger partial charge in [0.1, 0.15) is 11.3 Å². The summed E-state index contributed by atoms with van der Waals surface area (Å²) in [6.07, 6.45) is 1.46. The molecule has 174 valence electrons. The fourth-order valence-electron chi connectivity index (χ4n) is 2.94. The molecule has 0 bridgehead atoms. The number of nitrogens with zero attached hydrogens (tertiary/aromatic N) is 1. The summed E-state index contributed by atoms with van der Waals surface area (Å²) in [5, 5.41) is 4.74. The summed E-state index contributed by atoms with van der Waals surface area (Å²) in [5.41, 5.74) is 3.68. The molecule has 3 rings (SSSR count). The number of furan rings is 1. The monoisotopic (exact) mass is 454 g/mol. The predicted octanol–water partition coefficient (Wildman–Crippen LogP) is 3.94. The molecule has 0 spiro atoms. The molecule has 0 aliphatic carbocycles. The average molecular weight is 454 g/mol. The molecule has 1 N–H and O–H groups in total. The lowest BCUT2D eigenvalue weighted by atomic mass is 10.2. The number of hydrogen-bond donors (Lipinski definition) is 1. The van der Waals surface area contributed by atoms with Crippen molar-refractivity contribution >= 4 is 29.1 Å². The molecule has 9 heteroatoms. The van der Waals surface area contributed by atoms with Gasteiger partial charge >= 0.3 is 11.9 Å². The van der Waals surface area contributed by atoms with E-state index in [1.165, 1.54) is 6.21 Å². The zero-order chi connectivity index (χ0) is 23.6. The summed E-state index contributed by atoms with van der Waals surface area (Å²) in [5.74, 6) is 0.733. The van der Waals surface area contributed by atoms with E-state index in [0.717, 1.165) is 5.39 Å². The third-order valence-electron chi connectivity index (χ3n) is 4.32. The van der Waals surface area contributed by atoms with Gasteiger partial charge in [-0.2, -0.15) is 5.10 Å². The summed E-state index contributed by atoms with van der Waals surface area (Å²) < 4.78 is 27.0. The first kappa shape index (κ1) is 23.6. The van der Waals surface area contributed by atoms with Gasteiger partial charge < -0.3 is 23.4 Å². The lowest BCUT2D eigenvalue weighted by Gasteiger charge is -2.12. The number of benzene rings is 2. The van der Waals surface area contributed by atoms with E-state index in [1.807, 2.05) is 19.9 Å². The second-order valence-corrected chi connectivity index (χ2v) is 6.68. The molecule has 0 aliphatic heterocycles. The van der Waals surface area contributed by atoms with Crippen molar-refractivity contribution in [2.75, 3.05) is 26.4 Å². The summed E-state index contributed by atoms with van der Waals surface area (Å²) in [4.78, 5) is 23.9. The normalized spacial score (nSPS) is 10.9. The molecule has 2 aromatic carbocycles. The smallest absolute Gasteiger partial charge is 0.344 e. The number of hydrazone groups is 1. The van der Waals surface area contributed by atoms with Gasteiger partial charge in [-0.05, 0) is 68.8 Å². The second-order valence-electron chi connectivity index (χ2n) is 6.68. The Morgan fingerprint density at radius 2 is 1.76 bits per heavy atom. The quantitative estimate of drug-likeness (QED) is 0.266. The fraction of sp³-hybridized carbons (Fsp3) is 0.292. The van der Waals surface area contributed by atoms with Gasteiger partial charge in [-0.25, -0.2) is 10.2 Å². The fourth-order valence-corrected chi connectivity index (χ4v) is 2.94. The van der Waals surface area contributed by atoms with E-state index in [4.69, 9.17) is 23.4 Å². The molecule has 33 heavy (non-hydrogen) atoms. The van der Waals surface area contributed by atoms with Crippen molar-refractivity contribution in [1.82, 2.24) is 5.43 Å². The summed E-state index contributed by atoms with van der Waals surface area (Å²) in [6.45, 7) is 6.48. The van der Waals surface area contributed by atoms with Crippen LogP contribution in [-0.2, 0) is 9.53 Å². The molecule has 0 saturated carbocycles. The summed E-state index contributed by atoms with van der Waals surface area (Å²) in [6, 6.07) is 12.0. The first-order valence-electron chi connectivity index (χ1n) is 10.6. The van der Waals surface area contributed by atoms with Gasteiger partial charge in [-0.3, -0.25) is 4.79 Å². The standard InChI is InChI=1S/C24H26N2O7/c1-4-29-18-8-10-19-17(12-18)13-22(33-19)24(28)26-25-14-16-7-9-20(21(11-16)30-5-2)32-15-23(27)31-6-3/h7-14H,4-6,15H2,1-3H3,(H,26,28)/b25-14+. The van der Waals surface area contributed by atoms with Crippen molar-refractivity contribution in [2.24, 2.45) is 5.10 Å². The van der Waals surface area contributed by atoms with Crippen LogP contribution < -0.4 is 19.6 Å². The van der Waals surface area contributed by atoms with Gasteiger partial charge in [-0.15, -0.1) is 0 Å². The lowest BCUT2D eigenvalue weighted by Crippen LogP contribution is -2.16. The van der Waals surface area contributed by atoms with E-state index < -0.39 is 11.9 Å². The van der Waals surface area contributed by atoms with Gasteiger partial charge in [0.05, 0.1) is 26.0 Å². The SMILES string of the molecule is CCOC(=O)COc1ccc(/C=N/NC(=O)c2cc3cc(OCC)ccc3o2)cc1OCC. The number of ether oxygens (including phenoxy) is 4. The minimum absolute atomic E-state index is 0.133. The maximum atomic E-state index is 12.4. The van der Waals surface area contributed by atoms with Crippen molar-refractivity contribution in [2.45, 2.75) is 20.8 Å². The Kier molecular flexibility index (Phi) is 8.29. The largest absolute Gasteiger partial charge is 0.494 e. The maximum absolute atomic E-state index is 12.4. The van der Waals surface area contributed by atoms with Crippen LogP contribution in [0.1, 0.15) is 36.9 Å². The number of fused-ring (bicyclic) bond motifs is 1. The van der Waals surface area contributed by atoms with E-state index in [-0.39, 0.29) is 19.0 Å². The number of nitrogens with one attached hydrogen (secondary N) is 1. The first-order valence-corrected chi connectivity index (χ1v) is 10.6. The zero-order valence-electron chi connectivity index (χ0n) is 18.8. The highest BCUT2D eigenvalue weighted by Gasteiger charge is 2.13. The van der Waals surface area contributed by atoms with E-state index in [2.05, 4.69) is 10.5 Å². The topological polar surface area (TPSA) is 109 Å². The Labute approximate surface area is 191 Å². The highest BCUT2D eigenvalue weighted by molar-refractivity contribution is 5.96. The highest BCUT2D eigenvalue weighted by Crippen LogP contribution is 2.28. The molecule has 1 aromatic heterocycles. The van der Waals surface area contributed by atoms with Gasteiger partial charge in [0.2, 0.25) is 0 Å². The van der Waals surface area contributed by atoms with E-state index in [9.17, 15) is 9.59 Å². The van der Waals surface area contributed by atoms with Gasteiger partial charge in [0.15, 0.2) is 23.9 Å². The Balaban J connectivity index is 1.65. The summed E-state index contributed by atoms with van der Waals surface area (Å²) >= 11 is 0. The molecule has 1 heterocycles. The number of rotatable bonds is 11. The van der Waals surface area contributed by atoms with E-state index >= 15 is 0 Å². The molecule has 3 aromatic rings. The third kappa shape index (κ3) is 6.49. The lowest BCUT2D eigenvalue weighted by molar-refractivity contribution is -0.145. The van der Waals surface area contributed by atoms with Crippen molar-refractivity contribution in [3.8, 4) is 17.2 Å². The number of amides is 1. The maximum Gasteiger partial charge on any atom is 0.344 e. The molecule has 1 amide bonds. The highest BCUT2D eigenvalue weighted by atomic mass is 16.6. The van der Waals surface area contributed by atoms with Crippen LogP contribution in [0.4, 0.5) is 0 Å². The Hall–Kier alpha value is -4.01. The van der Waals surface area contributed by atoms with E-state index in [0.29, 0.717) is 41.6 Å². The molecule has 0 saturated heterocycles. The molecule has 9 nitrogen and oxygen atoms in total. The van der Waals surface area contributed by atoms with Gasteiger partial charge in [0, 0.05) is 5.39 Å². The zero-order valence-corrected chi connectivity index (χ0v) is 18.8. The molecular formula is C24H26N2O7. The number of esters is 1. The van der Waals surface area contributed by atoms with Crippen LogP contribution in [0.15, 0.2) is 52.0 Å². The van der Waals surface area contributed by atoms with Crippen LogP contribution in [0.2, 0.25) is 0 Å². The third-order valence-corrected chi connectivity index (χ3v) is 4.32. The molecule has 0 aliphatic rings. The Bertz CT molecular complexity index is 1140. The molecule has 0 radical (unpaired) electrons. The van der Waals surface area contributed by atoms with Crippen molar-refractivity contribution in [3.05, 3.63) is 53.8 Å². The average Bonchev–Trinajstić information content (AvgIpc) is 3.23. The van der Waals surface area contributed by atoms with Crippen molar-refractivity contribution in [1.29, 1.82) is 0 Å². The van der Waals surface area contributed by atoms with Gasteiger partial charge in [-0.1, -0.05) is 0 Å². The number of carbonyl (C=O) groups is 2.